The third-order valence-corrected chi connectivity index (χ3v) is 3.62. The van der Waals surface area contributed by atoms with E-state index in [0.717, 1.165) is 31.9 Å². The summed E-state index contributed by atoms with van der Waals surface area (Å²) in [5.74, 6) is 0. The number of hydrogen-bond donors (Lipinski definition) is 1. The molecule has 1 saturated heterocycles. The predicted molar refractivity (Wildman–Crippen MR) is 78.4 cm³/mol. The van der Waals surface area contributed by atoms with E-state index in [1.54, 1.807) is 12.4 Å². The molecule has 1 aliphatic rings. The van der Waals surface area contributed by atoms with Gasteiger partial charge in [-0.1, -0.05) is 0 Å². The van der Waals surface area contributed by atoms with Gasteiger partial charge in [-0.25, -0.2) is 0 Å². The second-order valence-corrected chi connectivity index (χ2v) is 5.40. The molecule has 0 saturated carbocycles. The third-order valence-electron chi connectivity index (χ3n) is 3.62. The number of rotatable bonds is 4. The van der Waals surface area contributed by atoms with Crippen LogP contribution in [-0.2, 0) is 4.74 Å². The summed E-state index contributed by atoms with van der Waals surface area (Å²) in [5.41, 5.74) is 7.67. The molecule has 0 spiro atoms. The molecule has 19 heavy (non-hydrogen) atoms. The first-order chi connectivity index (χ1) is 9.08. The first kappa shape index (κ1) is 14.1. The van der Waals surface area contributed by atoms with Crippen LogP contribution < -0.4 is 10.6 Å². The second-order valence-electron chi connectivity index (χ2n) is 5.40. The fourth-order valence-electron chi connectivity index (χ4n) is 2.47. The minimum atomic E-state index is 0.230. The molecule has 1 unspecified atom stereocenters. The standard InChI is InChI=1S/C14H24N4O/c1-11(2)18-6-7-19-12(10-18)9-17(3)14-4-5-16-8-13(14)15/h4-5,8,11-12H,6-7,9-10,15H2,1-3H3. The largest absolute Gasteiger partial charge is 0.396 e. The molecule has 1 aromatic rings. The summed E-state index contributed by atoms with van der Waals surface area (Å²) < 4.78 is 5.85. The zero-order valence-electron chi connectivity index (χ0n) is 12.0. The fourth-order valence-corrected chi connectivity index (χ4v) is 2.47. The Morgan fingerprint density at radius 1 is 1.58 bits per heavy atom. The van der Waals surface area contributed by atoms with E-state index in [4.69, 9.17) is 10.5 Å². The Kier molecular flexibility index (Phi) is 4.61. The van der Waals surface area contributed by atoms with Gasteiger partial charge in [-0.3, -0.25) is 9.88 Å². The average Bonchev–Trinajstić information content (AvgIpc) is 2.39. The van der Waals surface area contributed by atoms with Crippen molar-refractivity contribution in [2.45, 2.75) is 26.0 Å². The molecule has 1 aliphatic heterocycles. The molecule has 106 valence electrons. The average molecular weight is 264 g/mol. The van der Waals surface area contributed by atoms with Crippen molar-refractivity contribution in [1.29, 1.82) is 0 Å². The summed E-state index contributed by atoms with van der Waals surface area (Å²) in [5, 5.41) is 0. The molecular weight excluding hydrogens is 240 g/mol. The summed E-state index contributed by atoms with van der Waals surface area (Å²) >= 11 is 0. The van der Waals surface area contributed by atoms with Gasteiger partial charge in [0.25, 0.3) is 0 Å². The first-order valence-electron chi connectivity index (χ1n) is 6.84. The molecule has 2 heterocycles. The molecule has 0 aromatic carbocycles. The molecule has 5 nitrogen and oxygen atoms in total. The smallest absolute Gasteiger partial charge is 0.0877 e. The Bertz CT molecular complexity index is 410. The predicted octanol–water partition coefficient (Wildman–Crippen LogP) is 1.21. The van der Waals surface area contributed by atoms with Gasteiger partial charge in [0.2, 0.25) is 0 Å². The van der Waals surface area contributed by atoms with Crippen LogP contribution in [-0.4, -0.2) is 55.3 Å². The van der Waals surface area contributed by atoms with Gasteiger partial charge < -0.3 is 15.4 Å². The maximum Gasteiger partial charge on any atom is 0.0877 e. The number of pyridine rings is 1. The van der Waals surface area contributed by atoms with Crippen molar-refractivity contribution in [2.75, 3.05) is 43.9 Å². The second kappa shape index (κ2) is 6.21. The Balaban J connectivity index is 1.95. The van der Waals surface area contributed by atoms with Crippen molar-refractivity contribution in [3.63, 3.8) is 0 Å². The first-order valence-corrected chi connectivity index (χ1v) is 6.84. The minimum absolute atomic E-state index is 0.230. The molecule has 0 amide bonds. The summed E-state index contributed by atoms with van der Waals surface area (Å²) in [7, 11) is 2.05. The summed E-state index contributed by atoms with van der Waals surface area (Å²) in [6.07, 6.45) is 3.69. The highest BCUT2D eigenvalue weighted by Crippen LogP contribution is 2.21. The number of aromatic nitrogens is 1. The van der Waals surface area contributed by atoms with E-state index in [-0.39, 0.29) is 6.10 Å². The van der Waals surface area contributed by atoms with Gasteiger partial charge in [-0.2, -0.15) is 0 Å². The van der Waals surface area contributed by atoms with E-state index in [9.17, 15) is 0 Å². The Hall–Kier alpha value is -1.33. The van der Waals surface area contributed by atoms with Crippen LogP contribution in [0.3, 0.4) is 0 Å². The van der Waals surface area contributed by atoms with Gasteiger partial charge in [0, 0.05) is 38.9 Å². The van der Waals surface area contributed by atoms with Gasteiger partial charge >= 0.3 is 0 Å². The number of hydrogen-bond acceptors (Lipinski definition) is 5. The molecule has 2 rings (SSSR count). The number of ether oxygens (including phenoxy) is 1. The van der Waals surface area contributed by atoms with Crippen molar-refractivity contribution in [3.8, 4) is 0 Å². The topological polar surface area (TPSA) is 54.6 Å². The summed E-state index contributed by atoms with van der Waals surface area (Å²) in [6, 6.07) is 2.51. The van der Waals surface area contributed by atoms with Crippen LogP contribution in [0.4, 0.5) is 11.4 Å². The van der Waals surface area contributed by atoms with Crippen LogP contribution >= 0.6 is 0 Å². The molecule has 1 fully saturated rings. The Morgan fingerprint density at radius 2 is 2.37 bits per heavy atom. The van der Waals surface area contributed by atoms with E-state index in [2.05, 4.69) is 28.6 Å². The maximum atomic E-state index is 5.95. The van der Waals surface area contributed by atoms with Crippen LogP contribution in [0.15, 0.2) is 18.5 Å². The number of nitrogens with zero attached hydrogens (tertiary/aromatic N) is 3. The zero-order valence-corrected chi connectivity index (χ0v) is 12.0. The number of morpholine rings is 1. The lowest BCUT2D eigenvalue weighted by atomic mass is 10.2. The van der Waals surface area contributed by atoms with Crippen LogP contribution in [0.5, 0.6) is 0 Å². The lowest BCUT2D eigenvalue weighted by molar-refractivity contribution is -0.0338. The summed E-state index contributed by atoms with van der Waals surface area (Å²) in [4.78, 5) is 8.62. The van der Waals surface area contributed by atoms with E-state index in [1.807, 2.05) is 13.1 Å². The van der Waals surface area contributed by atoms with Gasteiger partial charge in [-0.05, 0) is 19.9 Å². The molecule has 5 heteroatoms. The van der Waals surface area contributed by atoms with Crippen LogP contribution in [0.2, 0.25) is 0 Å². The van der Waals surface area contributed by atoms with Crippen molar-refractivity contribution in [3.05, 3.63) is 18.5 Å². The van der Waals surface area contributed by atoms with E-state index >= 15 is 0 Å². The normalized spacial score (nSPS) is 20.7. The van der Waals surface area contributed by atoms with E-state index < -0.39 is 0 Å². The highest BCUT2D eigenvalue weighted by atomic mass is 16.5. The molecule has 0 radical (unpaired) electrons. The molecular formula is C14H24N4O. The number of anilines is 2. The molecule has 0 bridgehead atoms. The number of nitrogen functional groups attached to an aromatic ring is 1. The molecule has 2 N–H and O–H groups in total. The maximum absolute atomic E-state index is 5.95. The Morgan fingerprint density at radius 3 is 3.05 bits per heavy atom. The molecule has 1 aromatic heterocycles. The highest BCUT2D eigenvalue weighted by molar-refractivity contribution is 5.65. The van der Waals surface area contributed by atoms with E-state index in [1.165, 1.54) is 0 Å². The van der Waals surface area contributed by atoms with Crippen molar-refractivity contribution in [1.82, 2.24) is 9.88 Å². The van der Waals surface area contributed by atoms with Crippen LogP contribution in [0, 0.1) is 0 Å². The van der Waals surface area contributed by atoms with Crippen molar-refractivity contribution >= 4 is 11.4 Å². The Labute approximate surface area is 115 Å². The van der Waals surface area contributed by atoms with Gasteiger partial charge in [0.15, 0.2) is 0 Å². The summed E-state index contributed by atoms with van der Waals surface area (Å²) in [6.45, 7) is 8.11. The van der Waals surface area contributed by atoms with Crippen molar-refractivity contribution in [2.24, 2.45) is 0 Å². The SMILES string of the molecule is CC(C)N1CCOC(CN(C)c2ccncc2N)C1. The zero-order chi connectivity index (χ0) is 13.8. The monoisotopic (exact) mass is 264 g/mol. The van der Waals surface area contributed by atoms with Gasteiger partial charge in [0.1, 0.15) is 0 Å². The van der Waals surface area contributed by atoms with Crippen LogP contribution in [0.1, 0.15) is 13.8 Å². The van der Waals surface area contributed by atoms with E-state index in [0.29, 0.717) is 11.7 Å². The van der Waals surface area contributed by atoms with Gasteiger partial charge in [0.05, 0.1) is 30.3 Å². The van der Waals surface area contributed by atoms with Crippen LogP contribution in [0.25, 0.3) is 0 Å². The lowest BCUT2D eigenvalue weighted by Crippen LogP contribution is -2.49. The highest BCUT2D eigenvalue weighted by Gasteiger charge is 2.23. The number of nitrogens with two attached hydrogens (primary N) is 1. The fraction of sp³-hybridized carbons (Fsp3) is 0.643. The quantitative estimate of drug-likeness (QED) is 0.886. The lowest BCUT2D eigenvalue weighted by Gasteiger charge is -2.37. The molecule has 0 aliphatic carbocycles. The third kappa shape index (κ3) is 3.58. The molecule has 1 atom stereocenters. The number of likely N-dealkylation sites (N-methyl/N-ethyl adjacent to an activating group) is 1. The van der Waals surface area contributed by atoms with Gasteiger partial charge in [-0.15, -0.1) is 0 Å². The van der Waals surface area contributed by atoms with Crippen molar-refractivity contribution < 1.29 is 4.74 Å². The minimum Gasteiger partial charge on any atom is -0.396 e.